The van der Waals surface area contributed by atoms with E-state index in [0.29, 0.717) is 12.0 Å². The van der Waals surface area contributed by atoms with Crippen LogP contribution in [0.1, 0.15) is 29.8 Å². The van der Waals surface area contributed by atoms with E-state index >= 15 is 0 Å². The summed E-state index contributed by atoms with van der Waals surface area (Å²) >= 11 is 0. The van der Waals surface area contributed by atoms with Crippen LogP contribution in [-0.2, 0) is 25.5 Å². The molecule has 3 atom stereocenters. The second kappa shape index (κ2) is 4.93. The van der Waals surface area contributed by atoms with Crippen molar-refractivity contribution in [1.82, 2.24) is 0 Å². The van der Waals surface area contributed by atoms with Crippen molar-refractivity contribution >= 4 is 17.7 Å². The molecule has 0 bridgehead atoms. The fourth-order valence-corrected chi connectivity index (χ4v) is 3.78. The monoisotopic (exact) mass is 302 g/mol. The molecule has 0 spiro atoms. The van der Waals surface area contributed by atoms with Gasteiger partial charge in [0.25, 0.3) is 0 Å². The van der Waals surface area contributed by atoms with E-state index < -0.39 is 35.3 Å². The minimum atomic E-state index is -1.04. The lowest BCUT2D eigenvalue weighted by atomic mass is 9.72. The van der Waals surface area contributed by atoms with Crippen molar-refractivity contribution in [1.29, 1.82) is 0 Å². The smallest absolute Gasteiger partial charge is 0.321 e. The fraction of sp³-hybridized carbons (Fsp3) is 0.471. The Hall–Kier alpha value is -2.17. The number of rotatable bonds is 2. The van der Waals surface area contributed by atoms with Crippen LogP contribution in [0.4, 0.5) is 0 Å². The molecule has 22 heavy (non-hydrogen) atoms. The maximum atomic E-state index is 12.7. The third-order valence-corrected chi connectivity index (χ3v) is 4.73. The average Bonchev–Trinajstić information content (AvgIpc) is 2.92. The minimum Gasteiger partial charge on any atom is -0.468 e. The van der Waals surface area contributed by atoms with E-state index in [4.69, 9.17) is 9.47 Å². The summed E-state index contributed by atoms with van der Waals surface area (Å²) in [4.78, 5) is 36.8. The number of ether oxygens (including phenoxy) is 2. The zero-order valence-electron chi connectivity index (χ0n) is 12.8. The van der Waals surface area contributed by atoms with E-state index in [2.05, 4.69) is 0 Å². The van der Waals surface area contributed by atoms with E-state index in [-0.39, 0.29) is 5.78 Å². The molecule has 1 saturated heterocycles. The van der Waals surface area contributed by atoms with Gasteiger partial charge in [0.2, 0.25) is 0 Å². The summed E-state index contributed by atoms with van der Waals surface area (Å²) < 4.78 is 10.1. The van der Waals surface area contributed by atoms with E-state index in [1.165, 1.54) is 7.11 Å². The highest BCUT2D eigenvalue weighted by atomic mass is 16.6. The molecule has 3 rings (SSSR count). The van der Waals surface area contributed by atoms with Gasteiger partial charge in [-0.25, -0.2) is 0 Å². The number of hydrogen-bond acceptors (Lipinski definition) is 5. The largest absolute Gasteiger partial charge is 0.468 e. The summed E-state index contributed by atoms with van der Waals surface area (Å²) in [5.41, 5.74) is 0.751. The van der Waals surface area contributed by atoms with E-state index in [1.807, 2.05) is 18.2 Å². The van der Waals surface area contributed by atoms with Crippen molar-refractivity contribution in [3.8, 4) is 0 Å². The maximum Gasteiger partial charge on any atom is 0.321 e. The summed E-state index contributed by atoms with van der Waals surface area (Å²) in [6.45, 7) is 3.49. The summed E-state index contributed by atoms with van der Waals surface area (Å²) in [7, 11) is 1.24. The molecule has 116 valence electrons. The van der Waals surface area contributed by atoms with Crippen molar-refractivity contribution < 1.29 is 23.9 Å². The number of benzene rings is 1. The number of carbonyl (C=O) groups is 3. The van der Waals surface area contributed by atoms with Crippen LogP contribution in [0.2, 0.25) is 0 Å². The first kappa shape index (κ1) is 14.8. The van der Waals surface area contributed by atoms with E-state index in [1.54, 1.807) is 19.9 Å². The number of fused-ring (bicyclic) bond motifs is 1. The Bertz CT molecular complexity index is 661. The highest BCUT2D eigenvalue weighted by molar-refractivity contribution is 6.04. The van der Waals surface area contributed by atoms with Crippen LogP contribution in [0.15, 0.2) is 24.3 Å². The van der Waals surface area contributed by atoms with Crippen LogP contribution >= 0.6 is 0 Å². The number of methoxy groups -OCH3 is 1. The van der Waals surface area contributed by atoms with Gasteiger partial charge in [-0.1, -0.05) is 24.3 Å². The van der Waals surface area contributed by atoms with Crippen molar-refractivity contribution in [2.75, 3.05) is 7.11 Å². The lowest BCUT2D eigenvalue weighted by Gasteiger charge is -2.30. The molecule has 1 heterocycles. The number of cyclic esters (lactones) is 1. The molecule has 5 heteroatoms. The zero-order chi connectivity index (χ0) is 16.1. The van der Waals surface area contributed by atoms with Crippen molar-refractivity contribution in [3.05, 3.63) is 35.4 Å². The standard InChI is InChI=1S/C17H18O5/c1-17(2)13(12(15(19)21-3)16(20)22-17)11-8-9-6-4-5-7-10(9)14(11)18/h4-7,11-13H,8H2,1-3H3. The maximum absolute atomic E-state index is 12.7. The van der Waals surface area contributed by atoms with Gasteiger partial charge in [0, 0.05) is 17.4 Å². The highest BCUT2D eigenvalue weighted by Gasteiger charge is 2.59. The molecule has 1 fully saturated rings. The second-order valence-electron chi connectivity index (χ2n) is 6.38. The Morgan fingerprint density at radius 3 is 2.59 bits per heavy atom. The molecule has 0 saturated carbocycles. The number of Topliss-reactive ketones (excluding diaryl/α,β-unsaturated/α-hetero) is 1. The minimum absolute atomic E-state index is 0.0270. The third kappa shape index (κ3) is 2.03. The molecule has 0 radical (unpaired) electrons. The van der Waals surface area contributed by atoms with Crippen LogP contribution in [0.5, 0.6) is 0 Å². The van der Waals surface area contributed by atoms with E-state index in [0.717, 1.165) is 5.56 Å². The predicted molar refractivity (Wildman–Crippen MR) is 77.1 cm³/mol. The quantitative estimate of drug-likeness (QED) is 0.615. The SMILES string of the molecule is COC(=O)C1C(=O)OC(C)(C)C1C1Cc2ccccc2C1=O. The van der Waals surface area contributed by atoms with Gasteiger partial charge in [0.1, 0.15) is 5.60 Å². The fourth-order valence-electron chi connectivity index (χ4n) is 3.78. The molecule has 1 aliphatic carbocycles. The van der Waals surface area contributed by atoms with Gasteiger partial charge in [-0.15, -0.1) is 0 Å². The lowest BCUT2D eigenvalue weighted by Crippen LogP contribution is -2.41. The molecular weight excluding hydrogens is 284 g/mol. The number of esters is 2. The van der Waals surface area contributed by atoms with Crippen molar-refractivity contribution in [2.24, 2.45) is 17.8 Å². The second-order valence-corrected chi connectivity index (χ2v) is 6.38. The highest BCUT2D eigenvalue weighted by Crippen LogP contribution is 2.46. The summed E-state index contributed by atoms with van der Waals surface area (Å²) in [5, 5.41) is 0. The average molecular weight is 302 g/mol. The van der Waals surface area contributed by atoms with Gasteiger partial charge in [0.05, 0.1) is 7.11 Å². The first-order valence-electron chi connectivity index (χ1n) is 7.29. The van der Waals surface area contributed by atoms with Crippen LogP contribution < -0.4 is 0 Å². The molecule has 0 aromatic heterocycles. The van der Waals surface area contributed by atoms with Gasteiger partial charge in [0.15, 0.2) is 11.7 Å². The molecule has 3 unspecified atom stereocenters. The summed E-state index contributed by atoms with van der Waals surface area (Å²) in [6.07, 6.45) is 0.521. The van der Waals surface area contributed by atoms with Gasteiger partial charge in [-0.05, 0) is 25.8 Å². The predicted octanol–water partition coefficient (Wildman–Crippen LogP) is 1.78. The first-order valence-corrected chi connectivity index (χ1v) is 7.29. The van der Waals surface area contributed by atoms with Gasteiger partial charge < -0.3 is 9.47 Å². The molecule has 0 amide bonds. The number of carbonyl (C=O) groups excluding carboxylic acids is 3. The third-order valence-electron chi connectivity index (χ3n) is 4.73. The molecule has 0 N–H and O–H groups in total. The Balaban J connectivity index is 2.01. The molecule has 5 nitrogen and oxygen atoms in total. The molecule has 1 aromatic carbocycles. The Kier molecular flexibility index (Phi) is 3.31. The lowest BCUT2D eigenvalue weighted by molar-refractivity contribution is -0.156. The number of ketones is 1. The normalized spacial score (nSPS) is 29.1. The van der Waals surface area contributed by atoms with Crippen molar-refractivity contribution in [3.63, 3.8) is 0 Å². The Labute approximate surface area is 128 Å². The summed E-state index contributed by atoms with van der Waals surface area (Å²) in [5.74, 6) is -3.27. The summed E-state index contributed by atoms with van der Waals surface area (Å²) in [6, 6.07) is 7.40. The van der Waals surface area contributed by atoms with Crippen LogP contribution in [0, 0.1) is 17.8 Å². The van der Waals surface area contributed by atoms with Gasteiger partial charge in [-0.3, -0.25) is 14.4 Å². The Morgan fingerprint density at radius 1 is 1.27 bits per heavy atom. The van der Waals surface area contributed by atoms with Crippen LogP contribution in [0.25, 0.3) is 0 Å². The Morgan fingerprint density at radius 2 is 1.95 bits per heavy atom. The topological polar surface area (TPSA) is 69.7 Å². The van der Waals surface area contributed by atoms with Crippen molar-refractivity contribution in [2.45, 2.75) is 25.9 Å². The van der Waals surface area contributed by atoms with Gasteiger partial charge in [-0.2, -0.15) is 0 Å². The molecule has 1 aromatic rings. The first-order chi connectivity index (χ1) is 10.4. The molecular formula is C17H18O5. The number of hydrogen-bond donors (Lipinski definition) is 0. The molecule has 1 aliphatic heterocycles. The van der Waals surface area contributed by atoms with Crippen LogP contribution in [-0.4, -0.2) is 30.4 Å². The zero-order valence-corrected chi connectivity index (χ0v) is 12.8. The molecule has 2 aliphatic rings. The van der Waals surface area contributed by atoms with Gasteiger partial charge >= 0.3 is 11.9 Å². The van der Waals surface area contributed by atoms with Crippen LogP contribution in [0.3, 0.4) is 0 Å². The van der Waals surface area contributed by atoms with E-state index in [9.17, 15) is 14.4 Å².